The number of nitrogens with zero attached hydrogens (tertiary/aromatic N) is 4. The molecule has 1 fully saturated rings. The first-order chi connectivity index (χ1) is 16.7. The number of nitrogens with one attached hydrogen (secondary N) is 1. The molecule has 0 bridgehead atoms. The fourth-order valence-corrected chi connectivity index (χ4v) is 4.48. The summed E-state index contributed by atoms with van der Waals surface area (Å²) < 4.78 is 20.9. The van der Waals surface area contributed by atoms with Crippen molar-refractivity contribution in [1.29, 1.82) is 0 Å². The monoisotopic (exact) mass is 459 g/mol. The molecule has 0 radical (unpaired) electrons. The molecule has 0 spiro atoms. The maximum absolute atomic E-state index is 13.0. The smallest absolute Gasteiger partial charge is 0.205 e. The molecule has 7 heteroatoms. The highest BCUT2D eigenvalue weighted by Gasteiger charge is 2.21. The van der Waals surface area contributed by atoms with E-state index in [1.807, 2.05) is 24.4 Å². The Morgan fingerprint density at radius 2 is 1.76 bits per heavy atom. The topological polar surface area (TPSA) is 55.2 Å². The molecule has 1 saturated heterocycles. The minimum absolute atomic E-state index is 0.240. The first-order valence-corrected chi connectivity index (χ1v) is 12.0. The molecule has 6 nitrogen and oxygen atoms in total. The highest BCUT2D eigenvalue weighted by atomic mass is 19.1. The molecule has 0 atom stereocenters. The number of benzene rings is 2. The second kappa shape index (κ2) is 10.7. The van der Waals surface area contributed by atoms with Gasteiger partial charge >= 0.3 is 0 Å². The van der Waals surface area contributed by atoms with E-state index >= 15 is 0 Å². The number of rotatable bonds is 9. The fraction of sp³-hybridized carbons (Fsp3) is 0.333. The lowest BCUT2D eigenvalue weighted by Gasteiger charge is -2.32. The van der Waals surface area contributed by atoms with Gasteiger partial charge in [-0.05, 0) is 61.2 Å². The normalized spacial score (nSPS) is 15.0. The first kappa shape index (κ1) is 22.3. The van der Waals surface area contributed by atoms with Crippen LogP contribution in [0.25, 0.3) is 11.2 Å². The number of anilines is 1. The standard InChI is InChI=1S/C27H30FN5O/c28-22-9-11-24(12-10-22)34-19-5-16-32-17-13-23(14-18-32)30-27-31-25-8-4-15-29-26(25)33(27)20-21-6-2-1-3-7-21/h1-4,6-12,15,23H,5,13-14,16-20H2,(H,30,31). The second-order valence-electron chi connectivity index (χ2n) is 8.77. The third-order valence-electron chi connectivity index (χ3n) is 6.31. The number of halogens is 1. The van der Waals surface area contributed by atoms with E-state index in [1.165, 1.54) is 17.7 Å². The molecule has 2 aromatic heterocycles. The number of piperidine rings is 1. The van der Waals surface area contributed by atoms with Crippen LogP contribution in [0.2, 0.25) is 0 Å². The number of likely N-dealkylation sites (tertiary alicyclic amines) is 1. The van der Waals surface area contributed by atoms with Crippen molar-refractivity contribution in [2.24, 2.45) is 0 Å². The molecule has 0 unspecified atom stereocenters. The highest BCUT2D eigenvalue weighted by molar-refractivity contribution is 5.74. The zero-order valence-electron chi connectivity index (χ0n) is 19.2. The van der Waals surface area contributed by atoms with Crippen molar-refractivity contribution < 1.29 is 9.13 Å². The Morgan fingerprint density at radius 3 is 2.56 bits per heavy atom. The third kappa shape index (κ3) is 5.54. The van der Waals surface area contributed by atoms with Gasteiger partial charge in [-0.25, -0.2) is 14.4 Å². The van der Waals surface area contributed by atoms with Gasteiger partial charge in [0, 0.05) is 31.9 Å². The molecule has 0 saturated carbocycles. The Bertz CT molecular complexity index is 1190. The summed E-state index contributed by atoms with van der Waals surface area (Å²) in [5, 5.41) is 3.70. The van der Waals surface area contributed by atoms with Crippen LogP contribution in [0.5, 0.6) is 5.75 Å². The molecule has 176 valence electrons. The number of fused-ring (bicyclic) bond motifs is 1. The van der Waals surface area contributed by atoms with Gasteiger partial charge in [-0.1, -0.05) is 30.3 Å². The second-order valence-corrected chi connectivity index (χ2v) is 8.77. The van der Waals surface area contributed by atoms with Crippen LogP contribution in [0.4, 0.5) is 10.3 Å². The van der Waals surface area contributed by atoms with Crippen molar-refractivity contribution in [3.63, 3.8) is 0 Å². The van der Waals surface area contributed by atoms with E-state index in [-0.39, 0.29) is 5.82 Å². The number of imidazole rings is 1. The summed E-state index contributed by atoms with van der Waals surface area (Å²) in [4.78, 5) is 11.9. The summed E-state index contributed by atoms with van der Waals surface area (Å²) in [5.74, 6) is 1.37. The Hall–Kier alpha value is -3.45. The van der Waals surface area contributed by atoms with E-state index in [0.717, 1.165) is 68.3 Å². The predicted molar refractivity (Wildman–Crippen MR) is 133 cm³/mol. The van der Waals surface area contributed by atoms with E-state index in [0.29, 0.717) is 12.6 Å². The maximum Gasteiger partial charge on any atom is 0.205 e. The van der Waals surface area contributed by atoms with E-state index in [1.54, 1.807) is 12.1 Å². The number of pyridine rings is 1. The molecule has 1 aliphatic rings. The average Bonchev–Trinajstić information content (AvgIpc) is 3.21. The van der Waals surface area contributed by atoms with Gasteiger partial charge in [0.15, 0.2) is 5.65 Å². The maximum atomic E-state index is 13.0. The van der Waals surface area contributed by atoms with Crippen molar-refractivity contribution in [2.45, 2.75) is 31.8 Å². The fourth-order valence-electron chi connectivity index (χ4n) is 4.48. The van der Waals surface area contributed by atoms with Crippen LogP contribution in [0.1, 0.15) is 24.8 Å². The van der Waals surface area contributed by atoms with E-state index < -0.39 is 0 Å². The van der Waals surface area contributed by atoms with Crippen molar-refractivity contribution in [2.75, 3.05) is 31.6 Å². The molecule has 1 N–H and O–H groups in total. The molecular formula is C27H30FN5O. The predicted octanol–water partition coefficient (Wildman–Crippen LogP) is 4.96. The van der Waals surface area contributed by atoms with Gasteiger partial charge in [-0.3, -0.25) is 4.57 Å². The Balaban J connectivity index is 1.14. The Morgan fingerprint density at radius 1 is 0.971 bits per heavy atom. The Labute approximate surface area is 199 Å². The largest absolute Gasteiger partial charge is 0.494 e. The summed E-state index contributed by atoms with van der Waals surface area (Å²) in [5.41, 5.74) is 3.06. The van der Waals surface area contributed by atoms with Crippen molar-refractivity contribution in [1.82, 2.24) is 19.4 Å². The highest BCUT2D eigenvalue weighted by Crippen LogP contribution is 2.22. The SMILES string of the molecule is Fc1ccc(OCCCN2CCC(Nc3nc4cccnc4n3Cc3ccccc3)CC2)cc1. The number of aromatic nitrogens is 3. The van der Waals surface area contributed by atoms with Gasteiger partial charge in [0.05, 0.1) is 13.2 Å². The van der Waals surface area contributed by atoms with Crippen molar-refractivity contribution in [3.8, 4) is 5.75 Å². The lowest BCUT2D eigenvalue weighted by molar-refractivity contribution is 0.197. The minimum atomic E-state index is -0.240. The number of hydrogen-bond acceptors (Lipinski definition) is 5. The van der Waals surface area contributed by atoms with Crippen molar-refractivity contribution in [3.05, 3.63) is 84.3 Å². The van der Waals surface area contributed by atoms with Crippen LogP contribution < -0.4 is 10.1 Å². The summed E-state index contributed by atoms with van der Waals surface area (Å²) in [7, 11) is 0. The molecule has 0 aliphatic carbocycles. The zero-order valence-corrected chi connectivity index (χ0v) is 19.2. The molecular weight excluding hydrogens is 429 g/mol. The average molecular weight is 460 g/mol. The van der Waals surface area contributed by atoms with Crippen LogP contribution in [0.3, 0.4) is 0 Å². The lowest BCUT2D eigenvalue weighted by atomic mass is 10.1. The molecule has 0 amide bonds. The molecule has 5 rings (SSSR count). The summed E-state index contributed by atoms with van der Waals surface area (Å²) in [6, 6.07) is 21.0. The molecule has 3 heterocycles. The van der Waals surface area contributed by atoms with Gasteiger partial charge < -0.3 is 15.0 Å². The van der Waals surface area contributed by atoms with Gasteiger partial charge in [-0.15, -0.1) is 0 Å². The minimum Gasteiger partial charge on any atom is -0.494 e. The summed E-state index contributed by atoms with van der Waals surface area (Å²) in [6.45, 7) is 4.48. The van der Waals surface area contributed by atoms with Crippen LogP contribution in [-0.4, -0.2) is 51.7 Å². The van der Waals surface area contributed by atoms with E-state index in [2.05, 4.69) is 44.0 Å². The number of hydrogen-bond donors (Lipinski definition) is 1. The molecule has 1 aliphatic heterocycles. The summed E-state index contributed by atoms with van der Waals surface area (Å²) in [6.07, 6.45) is 4.92. The third-order valence-corrected chi connectivity index (χ3v) is 6.31. The van der Waals surface area contributed by atoms with Gasteiger partial charge in [0.1, 0.15) is 17.1 Å². The molecule has 34 heavy (non-hydrogen) atoms. The van der Waals surface area contributed by atoms with Crippen LogP contribution in [0, 0.1) is 5.82 Å². The lowest BCUT2D eigenvalue weighted by Crippen LogP contribution is -2.40. The van der Waals surface area contributed by atoms with Gasteiger partial charge in [-0.2, -0.15) is 0 Å². The first-order valence-electron chi connectivity index (χ1n) is 12.0. The molecule has 2 aromatic carbocycles. The van der Waals surface area contributed by atoms with Crippen LogP contribution in [0.15, 0.2) is 72.9 Å². The zero-order chi connectivity index (χ0) is 23.2. The number of ether oxygens (including phenoxy) is 1. The quantitative estimate of drug-likeness (QED) is 0.359. The van der Waals surface area contributed by atoms with E-state index in [4.69, 9.17) is 9.72 Å². The Kier molecular flexibility index (Phi) is 7.00. The van der Waals surface area contributed by atoms with E-state index in [9.17, 15) is 4.39 Å². The van der Waals surface area contributed by atoms with Crippen molar-refractivity contribution >= 4 is 17.1 Å². The van der Waals surface area contributed by atoms with Crippen LogP contribution >= 0.6 is 0 Å². The molecule has 4 aromatic rings. The summed E-state index contributed by atoms with van der Waals surface area (Å²) >= 11 is 0. The van der Waals surface area contributed by atoms with Gasteiger partial charge in [0.2, 0.25) is 5.95 Å². The van der Waals surface area contributed by atoms with Crippen LogP contribution in [-0.2, 0) is 6.54 Å². The van der Waals surface area contributed by atoms with Gasteiger partial charge in [0.25, 0.3) is 0 Å².